The van der Waals surface area contributed by atoms with E-state index < -0.39 is 21.4 Å². The van der Waals surface area contributed by atoms with Gasteiger partial charge in [0, 0.05) is 26.1 Å². The molecule has 6 nitrogen and oxygen atoms in total. The lowest BCUT2D eigenvalue weighted by atomic mass is 9.79. The van der Waals surface area contributed by atoms with E-state index in [1.54, 1.807) is 0 Å². The van der Waals surface area contributed by atoms with Crippen LogP contribution < -0.4 is 0 Å². The summed E-state index contributed by atoms with van der Waals surface area (Å²) in [6.45, 7) is 0. The topological polar surface area (TPSA) is 86.7 Å². The maximum absolute atomic E-state index is 10.8. The highest BCUT2D eigenvalue weighted by molar-refractivity contribution is 7.72. The molecule has 1 fully saturated rings. The van der Waals surface area contributed by atoms with Crippen molar-refractivity contribution in [3.05, 3.63) is 0 Å². The van der Waals surface area contributed by atoms with Crippen LogP contribution in [-0.4, -0.2) is 54.8 Å². The summed E-state index contributed by atoms with van der Waals surface area (Å²) < 4.78 is 53.9. The van der Waals surface area contributed by atoms with E-state index >= 15 is 0 Å². The van der Waals surface area contributed by atoms with Crippen LogP contribution >= 0.6 is 0 Å². The van der Waals surface area contributed by atoms with Gasteiger partial charge in [-0.1, -0.05) is 0 Å². The minimum absolute atomic E-state index is 0.0595. The van der Waals surface area contributed by atoms with Crippen molar-refractivity contribution >= 4 is 21.4 Å². The fourth-order valence-electron chi connectivity index (χ4n) is 2.63. The molecule has 108 valence electrons. The molecule has 0 bridgehead atoms. The Morgan fingerprint density at radius 3 is 1.39 bits per heavy atom. The summed E-state index contributed by atoms with van der Waals surface area (Å²) in [5.41, 5.74) is 0. The van der Waals surface area contributed by atoms with Gasteiger partial charge < -0.3 is 9.47 Å². The molecule has 0 N–H and O–H groups in total. The van der Waals surface area contributed by atoms with E-state index in [1.165, 1.54) is 14.2 Å². The predicted octanol–water partition coefficient (Wildman–Crippen LogP) is -0.735. The van der Waals surface area contributed by atoms with Crippen molar-refractivity contribution < 1.29 is 26.3 Å². The highest BCUT2D eigenvalue weighted by Crippen LogP contribution is 2.33. The molecule has 0 aromatic rings. The second-order valence-corrected chi connectivity index (χ2v) is 6.63. The van der Waals surface area contributed by atoms with Crippen molar-refractivity contribution in [1.29, 1.82) is 0 Å². The maximum atomic E-state index is 10.8. The Labute approximate surface area is 111 Å². The van der Waals surface area contributed by atoms with Crippen LogP contribution in [-0.2, 0) is 30.9 Å². The van der Waals surface area contributed by atoms with E-state index in [1.807, 2.05) is 0 Å². The lowest BCUT2D eigenvalue weighted by Crippen LogP contribution is -2.43. The second-order valence-electron chi connectivity index (χ2n) is 4.57. The molecular weight excluding hydrogens is 280 g/mol. The first-order valence-corrected chi connectivity index (χ1v) is 8.49. The normalized spacial score (nSPS) is 33.1. The Balaban J connectivity index is 2.77. The van der Waals surface area contributed by atoms with Gasteiger partial charge >= 0.3 is 0 Å². The predicted molar refractivity (Wildman–Crippen MR) is 68.2 cm³/mol. The van der Waals surface area contributed by atoms with Crippen LogP contribution in [0.5, 0.6) is 0 Å². The summed E-state index contributed by atoms with van der Waals surface area (Å²) in [6.07, 6.45) is 0.603. The van der Waals surface area contributed by atoms with Crippen LogP contribution in [0.3, 0.4) is 0 Å². The third kappa shape index (κ3) is 4.49. The first-order valence-electron chi connectivity index (χ1n) is 5.77. The third-order valence-corrected chi connectivity index (χ3v) is 5.03. The second kappa shape index (κ2) is 7.42. The highest BCUT2D eigenvalue weighted by atomic mass is 32.2. The lowest BCUT2D eigenvalue weighted by Gasteiger charge is -2.38. The van der Waals surface area contributed by atoms with E-state index in [4.69, 9.17) is 9.47 Å². The summed E-state index contributed by atoms with van der Waals surface area (Å²) in [5.74, 6) is -0.128. The van der Waals surface area contributed by atoms with E-state index in [0.717, 1.165) is 0 Å². The van der Waals surface area contributed by atoms with Crippen LogP contribution in [0.1, 0.15) is 12.8 Å². The summed E-state index contributed by atoms with van der Waals surface area (Å²) >= 11 is 0. The largest absolute Gasteiger partial charge is 0.381 e. The number of hydrogen-bond acceptors (Lipinski definition) is 6. The molecule has 4 atom stereocenters. The zero-order valence-corrected chi connectivity index (χ0v) is 12.3. The molecular formula is C10H20O6S2. The van der Waals surface area contributed by atoms with E-state index in [9.17, 15) is 16.8 Å². The molecule has 0 amide bonds. The van der Waals surface area contributed by atoms with Crippen molar-refractivity contribution in [1.82, 2.24) is 0 Å². The van der Waals surface area contributed by atoms with Crippen LogP contribution in [0.2, 0.25) is 0 Å². The summed E-state index contributed by atoms with van der Waals surface area (Å²) in [7, 11) is -1.88. The van der Waals surface area contributed by atoms with Crippen molar-refractivity contribution in [3.63, 3.8) is 0 Å². The third-order valence-electron chi connectivity index (χ3n) is 3.49. The Hall–Kier alpha value is -0.180. The molecule has 0 heterocycles. The molecule has 0 aromatic heterocycles. The molecule has 1 rings (SSSR count). The fraction of sp³-hybridized carbons (Fsp3) is 1.00. The molecule has 1 aliphatic rings. The molecule has 8 heteroatoms. The Kier molecular flexibility index (Phi) is 6.54. The van der Waals surface area contributed by atoms with Crippen molar-refractivity contribution in [3.8, 4) is 0 Å². The maximum Gasteiger partial charge on any atom is 0.140 e. The van der Waals surface area contributed by atoms with Gasteiger partial charge in [-0.15, -0.1) is 0 Å². The minimum Gasteiger partial charge on any atom is -0.381 e. The molecule has 0 aliphatic heterocycles. The van der Waals surface area contributed by atoms with Gasteiger partial charge in [0.1, 0.15) is 21.4 Å². The van der Waals surface area contributed by atoms with Gasteiger partial charge in [0.05, 0.1) is 23.7 Å². The number of ether oxygens (including phenoxy) is 2. The average molecular weight is 300 g/mol. The molecule has 1 aliphatic carbocycles. The minimum atomic E-state index is -2.47. The number of methoxy groups -OCH3 is 2. The van der Waals surface area contributed by atoms with Gasteiger partial charge in [-0.3, -0.25) is 0 Å². The zero-order chi connectivity index (χ0) is 13.7. The van der Waals surface area contributed by atoms with Gasteiger partial charge in [0.15, 0.2) is 0 Å². The molecule has 0 radical (unpaired) electrons. The van der Waals surface area contributed by atoms with E-state index in [2.05, 4.69) is 0 Å². The van der Waals surface area contributed by atoms with Crippen LogP contribution in [0.25, 0.3) is 0 Å². The quantitative estimate of drug-likeness (QED) is 0.629. The van der Waals surface area contributed by atoms with Crippen molar-refractivity contribution in [2.45, 2.75) is 25.0 Å². The van der Waals surface area contributed by atoms with Gasteiger partial charge in [0.2, 0.25) is 0 Å². The molecule has 0 aromatic carbocycles. The number of thiol groups is 2. The first-order chi connectivity index (χ1) is 8.47. The number of rotatable bonds is 6. The first kappa shape index (κ1) is 15.9. The average Bonchev–Trinajstić information content (AvgIpc) is 2.29. The highest BCUT2D eigenvalue weighted by Gasteiger charge is 2.38. The van der Waals surface area contributed by atoms with E-state index in [0.29, 0.717) is 12.8 Å². The summed E-state index contributed by atoms with van der Waals surface area (Å²) in [6, 6.07) is 0. The molecule has 18 heavy (non-hydrogen) atoms. The van der Waals surface area contributed by atoms with Gasteiger partial charge in [-0.25, -0.2) is 16.8 Å². The SMILES string of the molecule is COC1C[C@@H](C[SH](=O)=O)[C@@H](OC)C[C@H]1C[SH](=O)=O. The molecule has 1 unspecified atom stereocenters. The van der Waals surface area contributed by atoms with Crippen molar-refractivity contribution in [2.75, 3.05) is 25.7 Å². The smallest absolute Gasteiger partial charge is 0.140 e. The Morgan fingerprint density at radius 2 is 1.17 bits per heavy atom. The fourth-order valence-corrected chi connectivity index (χ4v) is 4.16. The number of hydrogen-bond donors (Lipinski definition) is 2. The van der Waals surface area contributed by atoms with Crippen LogP contribution in [0, 0.1) is 11.8 Å². The molecule has 1 saturated carbocycles. The summed E-state index contributed by atoms with van der Waals surface area (Å²) in [5, 5.41) is 0. The molecule has 0 spiro atoms. The zero-order valence-electron chi connectivity index (χ0n) is 10.5. The van der Waals surface area contributed by atoms with Gasteiger partial charge in [0.25, 0.3) is 0 Å². The summed E-state index contributed by atoms with van der Waals surface area (Å²) in [4.78, 5) is 0. The van der Waals surface area contributed by atoms with Gasteiger partial charge in [-0.2, -0.15) is 0 Å². The Morgan fingerprint density at radius 1 is 0.833 bits per heavy atom. The van der Waals surface area contributed by atoms with Crippen LogP contribution in [0.15, 0.2) is 0 Å². The monoisotopic (exact) mass is 300 g/mol. The lowest BCUT2D eigenvalue weighted by molar-refractivity contribution is -0.0554. The van der Waals surface area contributed by atoms with Crippen LogP contribution in [0.4, 0.5) is 0 Å². The Bertz CT molecular complexity index is 349. The van der Waals surface area contributed by atoms with Gasteiger partial charge in [-0.05, 0) is 12.8 Å². The standard InChI is InChI=1S/C10H20O6S2/c1-15-9-3-8(6-18(13)14)10(16-2)4-7(9)5-17(11)12/h7-10,17-18H,3-6H2,1-2H3/t7-,8-,9-,10?/m0/s1. The van der Waals surface area contributed by atoms with Crippen molar-refractivity contribution in [2.24, 2.45) is 11.8 Å². The van der Waals surface area contributed by atoms with E-state index in [-0.39, 0.29) is 35.5 Å². The molecule has 0 saturated heterocycles.